The monoisotopic (exact) mass is 337 g/mol. The van der Waals surface area contributed by atoms with Crippen molar-refractivity contribution in [3.63, 3.8) is 0 Å². The number of halogens is 1. The van der Waals surface area contributed by atoms with Crippen molar-refractivity contribution in [3.8, 4) is 11.4 Å². The SMILES string of the molecule is Cc1nc(-c2cccc(NC(=O)CC3CNCCO3)c2)n[nH]1.Cl. The third kappa shape index (κ3) is 4.75. The molecule has 0 bridgehead atoms. The molecule has 124 valence electrons. The third-order valence-electron chi connectivity index (χ3n) is 3.42. The molecule has 3 rings (SSSR count). The van der Waals surface area contributed by atoms with Crippen molar-refractivity contribution < 1.29 is 9.53 Å². The Balaban J connectivity index is 0.00000192. The van der Waals surface area contributed by atoms with E-state index in [0.29, 0.717) is 25.4 Å². The van der Waals surface area contributed by atoms with Gasteiger partial charge >= 0.3 is 0 Å². The lowest BCUT2D eigenvalue weighted by Gasteiger charge is -2.23. The van der Waals surface area contributed by atoms with Crippen LogP contribution in [0.25, 0.3) is 11.4 Å². The quantitative estimate of drug-likeness (QED) is 0.786. The molecule has 1 atom stereocenters. The van der Waals surface area contributed by atoms with Crippen LogP contribution >= 0.6 is 12.4 Å². The van der Waals surface area contributed by atoms with Crippen molar-refractivity contribution in [2.75, 3.05) is 25.0 Å². The summed E-state index contributed by atoms with van der Waals surface area (Å²) in [4.78, 5) is 16.4. The molecule has 0 radical (unpaired) electrons. The Hall–Kier alpha value is -1.96. The first-order chi connectivity index (χ1) is 10.7. The molecule has 0 aliphatic carbocycles. The molecule has 1 aliphatic rings. The van der Waals surface area contributed by atoms with E-state index in [1.807, 2.05) is 31.2 Å². The lowest BCUT2D eigenvalue weighted by Crippen LogP contribution is -2.40. The van der Waals surface area contributed by atoms with Crippen LogP contribution in [0, 0.1) is 6.92 Å². The third-order valence-corrected chi connectivity index (χ3v) is 3.42. The number of carbonyl (C=O) groups excluding carboxylic acids is 1. The number of morpholine rings is 1. The van der Waals surface area contributed by atoms with Gasteiger partial charge in [-0.1, -0.05) is 12.1 Å². The molecular formula is C15H20ClN5O2. The molecule has 2 heterocycles. The van der Waals surface area contributed by atoms with Gasteiger partial charge in [0.05, 0.1) is 19.1 Å². The van der Waals surface area contributed by atoms with Crippen molar-refractivity contribution in [2.24, 2.45) is 0 Å². The van der Waals surface area contributed by atoms with E-state index >= 15 is 0 Å². The summed E-state index contributed by atoms with van der Waals surface area (Å²) in [6.07, 6.45) is 0.282. The maximum atomic E-state index is 12.1. The number of anilines is 1. The molecule has 3 N–H and O–H groups in total. The Labute approximate surface area is 140 Å². The zero-order valence-corrected chi connectivity index (χ0v) is 13.7. The average Bonchev–Trinajstić information content (AvgIpc) is 2.95. The number of nitrogens with zero attached hydrogens (tertiary/aromatic N) is 2. The van der Waals surface area contributed by atoms with Crippen LogP contribution in [0.4, 0.5) is 5.69 Å². The minimum Gasteiger partial charge on any atom is -0.375 e. The number of benzene rings is 1. The molecule has 1 unspecified atom stereocenters. The number of hydrogen-bond donors (Lipinski definition) is 3. The van der Waals surface area contributed by atoms with Crippen molar-refractivity contribution >= 4 is 24.0 Å². The maximum Gasteiger partial charge on any atom is 0.227 e. The van der Waals surface area contributed by atoms with Crippen LogP contribution in [-0.4, -0.2) is 46.9 Å². The second kappa shape index (κ2) is 8.05. The van der Waals surface area contributed by atoms with Crippen molar-refractivity contribution in [3.05, 3.63) is 30.1 Å². The summed E-state index contributed by atoms with van der Waals surface area (Å²) < 4.78 is 5.53. The molecule has 1 amide bonds. The Bertz CT molecular complexity index is 655. The van der Waals surface area contributed by atoms with E-state index < -0.39 is 0 Å². The van der Waals surface area contributed by atoms with E-state index in [9.17, 15) is 4.79 Å². The molecule has 0 spiro atoms. The first-order valence-electron chi connectivity index (χ1n) is 7.32. The first-order valence-corrected chi connectivity index (χ1v) is 7.32. The van der Waals surface area contributed by atoms with Gasteiger partial charge in [-0.25, -0.2) is 4.98 Å². The summed E-state index contributed by atoms with van der Waals surface area (Å²) in [5.41, 5.74) is 1.59. The second-order valence-electron chi connectivity index (χ2n) is 5.27. The lowest BCUT2D eigenvalue weighted by molar-refractivity contribution is -0.119. The molecule has 8 heteroatoms. The van der Waals surface area contributed by atoms with Gasteiger partial charge in [-0.2, -0.15) is 5.10 Å². The molecule has 1 aromatic carbocycles. The van der Waals surface area contributed by atoms with E-state index in [2.05, 4.69) is 25.8 Å². The molecule has 1 aromatic heterocycles. The fourth-order valence-corrected chi connectivity index (χ4v) is 2.38. The van der Waals surface area contributed by atoms with Gasteiger partial charge in [0, 0.05) is 24.3 Å². The van der Waals surface area contributed by atoms with Crippen molar-refractivity contribution in [1.29, 1.82) is 0 Å². The zero-order chi connectivity index (χ0) is 15.4. The van der Waals surface area contributed by atoms with E-state index in [1.165, 1.54) is 0 Å². The molecule has 1 fully saturated rings. The van der Waals surface area contributed by atoms with Gasteiger partial charge in [-0.15, -0.1) is 12.4 Å². The predicted octanol–water partition coefficient (Wildman–Crippen LogP) is 1.52. The molecule has 1 aliphatic heterocycles. The highest BCUT2D eigenvalue weighted by Gasteiger charge is 2.17. The standard InChI is InChI=1S/C15H19N5O2.ClH/c1-10-17-15(20-19-10)11-3-2-4-12(7-11)18-14(21)8-13-9-16-5-6-22-13;/h2-4,7,13,16H,5-6,8-9H2,1H3,(H,18,21)(H,17,19,20);1H. The van der Waals surface area contributed by atoms with Crippen LogP contribution in [0.1, 0.15) is 12.2 Å². The highest BCUT2D eigenvalue weighted by atomic mass is 35.5. The maximum absolute atomic E-state index is 12.1. The number of aromatic amines is 1. The number of nitrogens with one attached hydrogen (secondary N) is 3. The summed E-state index contributed by atoms with van der Waals surface area (Å²) >= 11 is 0. The fourth-order valence-electron chi connectivity index (χ4n) is 2.38. The highest BCUT2D eigenvalue weighted by Crippen LogP contribution is 2.19. The minimum atomic E-state index is -0.0624. The topological polar surface area (TPSA) is 91.9 Å². The summed E-state index contributed by atoms with van der Waals surface area (Å²) in [5, 5.41) is 13.0. The molecule has 7 nitrogen and oxygen atoms in total. The van der Waals surface area contributed by atoms with Crippen LogP contribution < -0.4 is 10.6 Å². The number of hydrogen-bond acceptors (Lipinski definition) is 5. The summed E-state index contributed by atoms with van der Waals surface area (Å²) in [5.74, 6) is 1.32. The number of H-pyrrole nitrogens is 1. The van der Waals surface area contributed by atoms with Gasteiger partial charge in [0.25, 0.3) is 0 Å². The Morgan fingerprint density at radius 3 is 3.04 bits per heavy atom. The summed E-state index contributed by atoms with van der Waals surface area (Å²) in [6.45, 7) is 4.05. The normalized spacial score (nSPS) is 17.3. The minimum absolute atomic E-state index is 0. The fraction of sp³-hybridized carbons (Fsp3) is 0.400. The predicted molar refractivity (Wildman–Crippen MR) is 89.7 cm³/mol. The average molecular weight is 338 g/mol. The smallest absolute Gasteiger partial charge is 0.227 e. The number of aromatic nitrogens is 3. The van der Waals surface area contributed by atoms with Crippen LogP contribution in [0.2, 0.25) is 0 Å². The van der Waals surface area contributed by atoms with Gasteiger partial charge in [0.1, 0.15) is 5.82 Å². The van der Waals surface area contributed by atoms with E-state index in [0.717, 1.165) is 23.6 Å². The van der Waals surface area contributed by atoms with E-state index in [-0.39, 0.29) is 24.4 Å². The van der Waals surface area contributed by atoms with Crippen molar-refractivity contribution in [2.45, 2.75) is 19.4 Å². The number of ether oxygens (including phenoxy) is 1. The van der Waals surface area contributed by atoms with Gasteiger partial charge in [-0.3, -0.25) is 9.89 Å². The Morgan fingerprint density at radius 2 is 2.35 bits per heavy atom. The molecule has 2 aromatic rings. The lowest BCUT2D eigenvalue weighted by atomic mass is 10.1. The van der Waals surface area contributed by atoms with Crippen LogP contribution in [0.15, 0.2) is 24.3 Å². The molecule has 23 heavy (non-hydrogen) atoms. The van der Waals surface area contributed by atoms with Gasteiger partial charge < -0.3 is 15.4 Å². The number of rotatable bonds is 4. The van der Waals surface area contributed by atoms with E-state index in [1.54, 1.807) is 0 Å². The first kappa shape index (κ1) is 17.4. The Kier molecular flexibility index (Phi) is 6.09. The second-order valence-corrected chi connectivity index (χ2v) is 5.27. The van der Waals surface area contributed by atoms with Crippen molar-refractivity contribution in [1.82, 2.24) is 20.5 Å². The van der Waals surface area contributed by atoms with Crippen LogP contribution in [0.3, 0.4) is 0 Å². The van der Waals surface area contributed by atoms with Gasteiger partial charge in [0.2, 0.25) is 5.91 Å². The molecule has 1 saturated heterocycles. The number of carbonyl (C=O) groups is 1. The number of amides is 1. The van der Waals surface area contributed by atoms with Crippen LogP contribution in [-0.2, 0) is 9.53 Å². The van der Waals surface area contributed by atoms with Gasteiger partial charge in [-0.05, 0) is 19.1 Å². The zero-order valence-electron chi connectivity index (χ0n) is 12.8. The van der Waals surface area contributed by atoms with Gasteiger partial charge in [0.15, 0.2) is 5.82 Å². The van der Waals surface area contributed by atoms with Crippen LogP contribution in [0.5, 0.6) is 0 Å². The summed E-state index contributed by atoms with van der Waals surface area (Å²) in [7, 11) is 0. The molecule has 0 saturated carbocycles. The largest absolute Gasteiger partial charge is 0.375 e. The Morgan fingerprint density at radius 1 is 1.48 bits per heavy atom. The number of aryl methyl sites for hydroxylation is 1. The highest BCUT2D eigenvalue weighted by molar-refractivity contribution is 5.91. The summed E-state index contributed by atoms with van der Waals surface area (Å²) in [6, 6.07) is 7.49. The van der Waals surface area contributed by atoms with E-state index in [4.69, 9.17) is 4.74 Å². The molecular weight excluding hydrogens is 318 g/mol.